The number of aliphatic carboxylic acids is 1. The molecule has 0 fully saturated rings. The van der Waals surface area contributed by atoms with Crippen LogP contribution in [0.15, 0.2) is 0 Å². The Morgan fingerprint density at radius 2 is 2.07 bits per heavy atom. The van der Waals surface area contributed by atoms with E-state index in [0.717, 1.165) is 0 Å². The molecule has 15 heavy (non-hydrogen) atoms. The van der Waals surface area contributed by atoms with Gasteiger partial charge in [-0.1, -0.05) is 0 Å². The minimum absolute atomic E-state index is 0.0521. The standard InChI is InChI=1S/C8H14N2O5/c1-2-15-8(14)10-5(7(12)13)3-4-6(9)11/h5H,2-4H2,1H3,(H2,9,11)(H,10,14)(H,12,13)/t5-/m0/s1. The van der Waals surface area contributed by atoms with Crippen molar-refractivity contribution < 1.29 is 24.2 Å². The number of rotatable bonds is 6. The number of nitrogens with one attached hydrogen (secondary N) is 1. The molecule has 0 rings (SSSR count). The summed E-state index contributed by atoms with van der Waals surface area (Å²) in [5, 5.41) is 10.8. The summed E-state index contributed by atoms with van der Waals surface area (Å²) < 4.78 is 4.50. The third-order valence-corrected chi connectivity index (χ3v) is 1.55. The van der Waals surface area contributed by atoms with E-state index < -0.39 is 24.0 Å². The quantitative estimate of drug-likeness (QED) is 0.552. The van der Waals surface area contributed by atoms with Gasteiger partial charge in [0.25, 0.3) is 0 Å². The summed E-state index contributed by atoms with van der Waals surface area (Å²) in [7, 11) is 0. The number of hydrogen-bond acceptors (Lipinski definition) is 4. The molecule has 7 heteroatoms. The van der Waals surface area contributed by atoms with Crippen molar-refractivity contribution in [2.75, 3.05) is 6.61 Å². The molecule has 86 valence electrons. The third kappa shape index (κ3) is 6.30. The highest BCUT2D eigenvalue weighted by Crippen LogP contribution is 1.97. The van der Waals surface area contributed by atoms with E-state index >= 15 is 0 Å². The van der Waals surface area contributed by atoms with Gasteiger partial charge in [-0.3, -0.25) is 4.79 Å². The van der Waals surface area contributed by atoms with Gasteiger partial charge in [-0.2, -0.15) is 0 Å². The van der Waals surface area contributed by atoms with Crippen LogP contribution in [0, 0.1) is 0 Å². The van der Waals surface area contributed by atoms with E-state index in [9.17, 15) is 14.4 Å². The highest BCUT2D eigenvalue weighted by Gasteiger charge is 2.20. The first-order valence-corrected chi connectivity index (χ1v) is 4.41. The second-order valence-electron chi connectivity index (χ2n) is 2.76. The summed E-state index contributed by atoms with van der Waals surface area (Å²) in [5.74, 6) is -1.85. The summed E-state index contributed by atoms with van der Waals surface area (Å²) >= 11 is 0. The minimum atomic E-state index is -1.23. The van der Waals surface area contributed by atoms with Crippen molar-refractivity contribution in [1.29, 1.82) is 0 Å². The van der Waals surface area contributed by atoms with Gasteiger partial charge in [0.15, 0.2) is 0 Å². The largest absolute Gasteiger partial charge is 0.480 e. The molecule has 0 aliphatic heterocycles. The van der Waals surface area contributed by atoms with Gasteiger partial charge < -0.3 is 20.9 Å². The van der Waals surface area contributed by atoms with Gasteiger partial charge in [0.2, 0.25) is 5.91 Å². The first-order chi connectivity index (χ1) is 6.97. The number of hydrogen-bond donors (Lipinski definition) is 3. The summed E-state index contributed by atoms with van der Waals surface area (Å²) in [5.41, 5.74) is 4.85. The van der Waals surface area contributed by atoms with Crippen molar-refractivity contribution in [2.45, 2.75) is 25.8 Å². The fourth-order valence-corrected chi connectivity index (χ4v) is 0.859. The van der Waals surface area contributed by atoms with Crippen molar-refractivity contribution in [3.05, 3.63) is 0 Å². The van der Waals surface area contributed by atoms with Crippen LogP contribution < -0.4 is 11.1 Å². The molecule has 0 aromatic heterocycles. The number of carbonyl (C=O) groups is 3. The minimum Gasteiger partial charge on any atom is -0.480 e. The number of nitrogens with two attached hydrogens (primary N) is 1. The van der Waals surface area contributed by atoms with Crippen LogP contribution in [0.4, 0.5) is 4.79 Å². The van der Waals surface area contributed by atoms with Crippen molar-refractivity contribution in [1.82, 2.24) is 5.32 Å². The highest BCUT2D eigenvalue weighted by atomic mass is 16.5. The van der Waals surface area contributed by atoms with Crippen LogP contribution in [0.1, 0.15) is 19.8 Å². The molecule has 4 N–H and O–H groups in total. The highest BCUT2D eigenvalue weighted by molar-refractivity contribution is 5.81. The van der Waals surface area contributed by atoms with Crippen LogP contribution in [-0.2, 0) is 14.3 Å². The van der Waals surface area contributed by atoms with E-state index in [-0.39, 0.29) is 19.4 Å². The van der Waals surface area contributed by atoms with Crippen molar-refractivity contribution >= 4 is 18.0 Å². The van der Waals surface area contributed by atoms with Crippen LogP contribution in [0.5, 0.6) is 0 Å². The molecule has 0 saturated carbocycles. The molecule has 2 amide bonds. The summed E-state index contributed by atoms with van der Waals surface area (Å²) in [6, 6.07) is -1.16. The molecule has 0 saturated heterocycles. The molecule has 0 aliphatic carbocycles. The number of carbonyl (C=O) groups excluding carboxylic acids is 2. The maximum absolute atomic E-state index is 10.9. The Hall–Kier alpha value is -1.79. The van der Waals surface area contributed by atoms with Gasteiger partial charge in [-0.05, 0) is 13.3 Å². The zero-order valence-corrected chi connectivity index (χ0v) is 8.36. The van der Waals surface area contributed by atoms with Crippen LogP contribution in [0.3, 0.4) is 0 Å². The summed E-state index contributed by atoms with van der Waals surface area (Å²) in [4.78, 5) is 31.9. The Kier molecular flexibility index (Phi) is 5.84. The third-order valence-electron chi connectivity index (χ3n) is 1.55. The van der Waals surface area contributed by atoms with Gasteiger partial charge in [0.05, 0.1) is 6.61 Å². The molecule has 0 bridgehead atoms. The van der Waals surface area contributed by atoms with Gasteiger partial charge in [0, 0.05) is 6.42 Å². The Morgan fingerprint density at radius 1 is 1.47 bits per heavy atom. The Balaban J connectivity index is 4.10. The van der Waals surface area contributed by atoms with E-state index in [1.165, 1.54) is 0 Å². The fraction of sp³-hybridized carbons (Fsp3) is 0.625. The Labute approximate surface area is 86.6 Å². The fourth-order valence-electron chi connectivity index (χ4n) is 0.859. The maximum atomic E-state index is 10.9. The maximum Gasteiger partial charge on any atom is 0.407 e. The van der Waals surface area contributed by atoms with Crippen molar-refractivity contribution in [3.8, 4) is 0 Å². The van der Waals surface area contributed by atoms with Crippen LogP contribution in [-0.4, -0.2) is 35.7 Å². The number of alkyl carbamates (subject to hydrolysis) is 1. The Bertz CT molecular complexity index is 253. The van der Waals surface area contributed by atoms with Crippen molar-refractivity contribution in [2.24, 2.45) is 5.73 Å². The lowest BCUT2D eigenvalue weighted by Gasteiger charge is -2.12. The molecule has 7 nitrogen and oxygen atoms in total. The number of carboxylic acids is 1. The van der Waals surface area contributed by atoms with E-state index in [0.29, 0.717) is 0 Å². The van der Waals surface area contributed by atoms with E-state index in [2.05, 4.69) is 10.1 Å². The lowest BCUT2D eigenvalue weighted by atomic mass is 10.1. The zero-order valence-electron chi connectivity index (χ0n) is 8.36. The van der Waals surface area contributed by atoms with Gasteiger partial charge in [0.1, 0.15) is 6.04 Å². The molecular weight excluding hydrogens is 204 g/mol. The van der Waals surface area contributed by atoms with Gasteiger partial charge in [-0.15, -0.1) is 0 Å². The van der Waals surface area contributed by atoms with Gasteiger partial charge in [-0.25, -0.2) is 9.59 Å². The van der Waals surface area contributed by atoms with E-state index in [1.807, 2.05) is 0 Å². The second kappa shape index (κ2) is 6.63. The van der Waals surface area contributed by atoms with Crippen LogP contribution in [0.25, 0.3) is 0 Å². The van der Waals surface area contributed by atoms with E-state index in [4.69, 9.17) is 10.8 Å². The molecule has 0 unspecified atom stereocenters. The molecule has 0 aromatic rings. The second-order valence-corrected chi connectivity index (χ2v) is 2.76. The van der Waals surface area contributed by atoms with Crippen LogP contribution >= 0.6 is 0 Å². The first kappa shape index (κ1) is 13.2. The van der Waals surface area contributed by atoms with Gasteiger partial charge >= 0.3 is 12.1 Å². The average molecular weight is 218 g/mol. The number of primary amides is 1. The molecule has 0 aliphatic rings. The van der Waals surface area contributed by atoms with Crippen molar-refractivity contribution in [3.63, 3.8) is 0 Å². The monoisotopic (exact) mass is 218 g/mol. The molecule has 0 aromatic carbocycles. The molecular formula is C8H14N2O5. The summed E-state index contributed by atoms with van der Waals surface area (Å²) in [6.45, 7) is 1.74. The normalized spacial score (nSPS) is 11.5. The first-order valence-electron chi connectivity index (χ1n) is 4.41. The van der Waals surface area contributed by atoms with E-state index in [1.54, 1.807) is 6.92 Å². The molecule has 0 radical (unpaired) electrons. The number of amides is 2. The topological polar surface area (TPSA) is 119 Å². The summed E-state index contributed by atoms with van der Waals surface area (Å²) in [6.07, 6.45) is -0.985. The lowest BCUT2D eigenvalue weighted by Crippen LogP contribution is -2.41. The predicted octanol–water partition coefficient (Wildman–Crippen LogP) is -0.549. The lowest BCUT2D eigenvalue weighted by molar-refractivity contribution is -0.139. The predicted molar refractivity (Wildman–Crippen MR) is 50.0 cm³/mol. The van der Waals surface area contributed by atoms with Crippen LogP contribution in [0.2, 0.25) is 0 Å². The smallest absolute Gasteiger partial charge is 0.407 e. The SMILES string of the molecule is CCOC(=O)N[C@@H](CCC(N)=O)C(=O)O. The molecule has 1 atom stereocenters. The number of ether oxygens (including phenoxy) is 1. The Morgan fingerprint density at radius 3 is 2.47 bits per heavy atom. The zero-order chi connectivity index (χ0) is 11.8. The average Bonchev–Trinajstić information content (AvgIpc) is 2.11. The number of carboxylic acid groups (broad SMARTS) is 1. The molecule has 0 spiro atoms. The molecule has 0 heterocycles.